The lowest BCUT2D eigenvalue weighted by molar-refractivity contribution is 0.723. The highest BCUT2D eigenvalue weighted by Crippen LogP contribution is 1.86. The van der Waals surface area contributed by atoms with E-state index in [1.54, 1.807) is 0 Å². The van der Waals surface area contributed by atoms with E-state index < -0.39 is 0 Å². The standard InChI is InChI=1S/C11H21N3/c1-3-4-5-8-13-10-11(2)14-9-6-7-12/h3-4,8,14H,2,5-7,9-10,12H2,1H3/b4-3-,13-8?. The molecule has 0 aromatic rings. The van der Waals surface area contributed by atoms with Gasteiger partial charge >= 0.3 is 0 Å². The Balaban J connectivity index is 3.38. The van der Waals surface area contributed by atoms with Gasteiger partial charge in [-0.05, 0) is 19.9 Å². The highest BCUT2D eigenvalue weighted by molar-refractivity contribution is 5.59. The number of hydrogen-bond donors (Lipinski definition) is 2. The first-order chi connectivity index (χ1) is 6.81. The Morgan fingerprint density at radius 1 is 1.57 bits per heavy atom. The van der Waals surface area contributed by atoms with Gasteiger partial charge in [-0.3, -0.25) is 4.99 Å². The monoisotopic (exact) mass is 195 g/mol. The van der Waals surface area contributed by atoms with Crippen molar-refractivity contribution >= 4 is 6.21 Å². The summed E-state index contributed by atoms with van der Waals surface area (Å²) in [6, 6.07) is 0. The Hall–Kier alpha value is -1.09. The van der Waals surface area contributed by atoms with Crippen molar-refractivity contribution in [2.24, 2.45) is 10.7 Å². The first kappa shape index (κ1) is 12.9. The fraction of sp³-hybridized carbons (Fsp3) is 0.545. The van der Waals surface area contributed by atoms with Gasteiger partial charge in [-0.2, -0.15) is 0 Å². The highest BCUT2D eigenvalue weighted by atomic mass is 14.9. The molecule has 0 saturated heterocycles. The summed E-state index contributed by atoms with van der Waals surface area (Å²) in [5.74, 6) is 0. The molecule has 14 heavy (non-hydrogen) atoms. The number of nitrogens with zero attached hydrogens (tertiary/aromatic N) is 1. The van der Waals surface area contributed by atoms with Gasteiger partial charge < -0.3 is 11.1 Å². The maximum atomic E-state index is 5.36. The Kier molecular flexibility index (Phi) is 9.22. The molecule has 0 saturated carbocycles. The van der Waals surface area contributed by atoms with Crippen LogP contribution in [0.4, 0.5) is 0 Å². The lowest BCUT2D eigenvalue weighted by Crippen LogP contribution is -2.18. The third-order valence-corrected chi connectivity index (χ3v) is 1.64. The van der Waals surface area contributed by atoms with Crippen molar-refractivity contribution in [1.29, 1.82) is 0 Å². The van der Waals surface area contributed by atoms with Crippen LogP contribution in [0.3, 0.4) is 0 Å². The van der Waals surface area contributed by atoms with Gasteiger partial charge in [-0.25, -0.2) is 0 Å². The molecule has 0 unspecified atom stereocenters. The van der Waals surface area contributed by atoms with Crippen molar-refractivity contribution in [1.82, 2.24) is 5.32 Å². The number of hydrogen-bond acceptors (Lipinski definition) is 3. The van der Waals surface area contributed by atoms with Crippen LogP contribution in [-0.2, 0) is 0 Å². The Morgan fingerprint density at radius 3 is 3.00 bits per heavy atom. The first-order valence-electron chi connectivity index (χ1n) is 5.02. The van der Waals surface area contributed by atoms with Crippen molar-refractivity contribution in [3.05, 3.63) is 24.4 Å². The molecule has 3 N–H and O–H groups in total. The van der Waals surface area contributed by atoms with Gasteiger partial charge in [-0.1, -0.05) is 18.7 Å². The average Bonchev–Trinajstić information content (AvgIpc) is 2.18. The van der Waals surface area contributed by atoms with Crippen LogP contribution in [0.1, 0.15) is 19.8 Å². The average molecular weight is 195 g/mol. The van der Waals surface area contributed by atoms with E-state index in [1.165, 1.54) is 0 Å². The van der Waals surface area contributed by atoms with Gasteiger partial charge in [0.25, 0.3) is 0 Å². The van der Waals surface area contributed by atoms with Crippen LogP contribution < -0.4 is 11.1 Å². The van der Waals surface area contributed by atoms with Crippen LogP contribution in [-0.4, -0.2) is 25.8 Å². The van der Waals surface area contributed by atoms with Gasteiger partial charge in [0.15, 0.2) is 0 Å². The molecule has 0 rings (SSSR count). The maximum Gasteiger partial charge on any atom is 0.0776 e. The molecular weight excluding hydrogens is 174 g/mol. The van der Waals surface area contributed by atoms with E-state index in [4.69, 9.17) is 5.73 Å². The summed E-state index contributed by atoms with van der Waals surface area (Å²) in [5.41, 5.74) is 6.32. The molecular formula is C11H21N3. The molecule has 0 fully saturated rings. The third kappa shape index (κ3) is 9.00. The van der Waals surface area contributed by atoms with Gasteiger partial charge in [0, 0.05) is 24.9 Å². The van der Waals surface area contributed by atoms with Crippen molar-refractivity contribution < 1.29 is 0 Å². The normalized spacial score (nSPS) is 11.3. The largest absolute Gasteiger partial charge is 0.387 e. The summed E-state index contributed by atoms with van der Waals surface area (Å²) < 4.78 is 0. The Labute approximate surface area is 86.8 Å². The minimum Gasteiger partial charge on any atom is -0.387 e. The van der Waals surface area contributed by atoms with E-state index in [0.717, 1.165) is 25.1 Å². The van der Waals surface area contributed by atoms with E-state index in [-0.39, 0.29) is 0 Å². The lowest BCUT2D eigenvalue weighted by Gasteiger charge is -2.05. The van der Waals surface area contributed by atoms with E-state index in [9.17, 15) is 0 Å². The van der Waals surface area contributed by atoms with E-state index in [2.05, 4.69) is 23.0 Å². The molecule has 0 spiro atoms. The van der Waals surface area contributed by atoms with Crippen LogP contribution in [0.25, 0.3) is 0 Å². The molecule has 0 heterocycles. The van der Waals surface area contributed by atoms with Gasteiger partial charge in [0.2, 0.25) is 0 Å². The minimum absolute atomic E-state index is 0.655. The van der Waals surface area contributed by atoms with E-state index in [0.29, 0.717) is 13.1 Å². The van der Waals surface area contributed by atoms with E-state index in [1.807, 2.05) is 19.2 Å². The zero-order chi connectivity index (χ0) is 10.6. The SMILES string of the molecule is C=C(CN=CC/C=C\C)NCCCN. The molecule has 80 valence electrons. The Bertz CT molecular complexity index is 195. The molecule has 0 aliphatic heterocycles. The molecule has 0 aromatic carbocycles. The first-order valence-corrected chi connectivity index (χ1v) is 5.02. The predicted molar refractivity (Wildman–Crippen MR) is 63.6 cm³/mol. The van der Waals surface area contributed by atoms with Gasteiger partial charge in [-0.15, -0.1) is 0 Å². The smallest absolute Gasteiger partial charge is 0.0776 e. The second-order valence-corrected chi connectivity index (χ2v) is 3.00. The molecule has 0 aliphatic rings. The number of allylic oxidation sites excluding steroid dienone is 2. The minimum atomic E-state index is 0.655. The Morgan fingerprint density at radius 2 is 2.36 bits per heavy atom. The van der Waals surface area contributed by atoms with Gasteiger partial charge in [0.05, 0.1) is 6.54 Å². The van der Waals surface area contributed by atoms with Crippen molar-refractivity contribution in [3.8, 4) is 0 Å². The second-order valence-electron chi connectivity index (χ2n) is 3.00. The molecule has 0 atom stereocenters. The van der Waals surface area contributed by atoms with E-state index >= 15 is 0 Å². The van der Waals surface area contributed by atoms with Crippen LogP contribution in [0.2, 0.25) is 0 Å². The van der Waals surface area contributed by atoms with Crippen molar-refractivity contribution in [3.63, 3.8) is 0 Å². The van der Waals surface area contributed by atoms with Crippen LogP contribution in [0, 0.1) is 0 Å². The predicted octanol–water partition coefficient (Wildman–Crippen LogP) is 1.48. The summed E-state index contributed by atoms with van der Waals surface area (Å²) in [7, 11) is 0. The number of rotatable bonds is 8. The lowest BCUT2D eigenvalue weighted by atomic mass is 10.4. The fourth-order valence-corrected chi connectivity index (χ4v) is 0.869. The molecule has 0 amide bonds. The topological polar surface area (TPSA) is 50.4 Å². The van der Waals surface area contributed by atoms with Crippen LogP contribution in [0.5, 0.6) is 0 Å². The van der Waals surface area contributed by atoms with Crippen molar-refractivity contribution in [2.45, 2.75) is 19.8 Å². The summed E-state index contributed by atoms with van der Waals surface area (Å²) in [6.07, 6.45) is 7.85. The molecule has 0 bridgehead atoms. The summed E-state index contributed by atoms with van der Waals surface area (Å²) >= 11 is 0. The van der Waals surface area contributed by atoms with Gasteiger partial charge in [0.1, 0.15) is 0 Å². The number of nitrogens with one attached hydrogen (secondary N) is 1. The quantitative estimate of drug-likeness (QED) is 0.350. The number of aliphatic imine (C=N–C) groups is 1. The molecule has 0 aromatic heterocycles. The summed E-state index contributed by atoms with van der Waals surface area (Å²) in [5, 5.41) is 3.17. The second kappa shape index (κ2) is 9.99. The number of nitrogens with two attached hydrogens (primary N) is 1. The zero-order valence-electron chi connectivity index (χ0n) is 9.00. The van der Waals surface area contributed by atoms with Crippen molar-refractivity contribution in [2.75, 3.05) is 19.6 Å². The van der Waals surface area contributed by atoms with Crippen LogP contribution in [0.15, 0.2) is 29.4 Å². The zero-order valence-corrected chi connectivity index (χ0v) is 9.00. The third-order valence-electron chi connectivity index (χ3n) is 1.64. The molecule has 0 radical (unpaired) electrons. The van der Waals surface area contributed by atoms with Crippen LogP contribution >= 0.6 is 0 Å². The fourth-order valence-electron chi connectivity index (χ4n) is 0.869. The molecule has 0 aliphatic carbocycles. The highest BCUT2D eigenvalue weighted by Gasteiger charge is 1.88. The maximum absolute atomic E-state index is 5.36. The summed E-state index contributed by atoms with van der Waals surface area (Å²) in [6.45, 7) is 8.12. The molecule has 3 nitrogen and oxygen atoms in total. The summed E-state index contributed by atoms with van der Waals surface area (Å²) in [4.78, 5) is 4.22. The molecule has 3 heteroatoms.